The van der Waals surface area contributed by atoms with Crippen LogP contribution in [0.25, 0.3) is 0 Å². The number of hydrogen-bond donors (Lipinski definition) is 1. The van der Waals surface area contributed by atoms with Crippen LogP contribution in [0, 0.1) is 6.92 Å². The van der Waals surface area contributed by atoms with E-state index in [4.69, 9.17) is 0 Å². The number of hydrogen-bond acceptors (Lipinski definition) is 3. The van der Waals surface area contributed by atoms with Crippen molar-refractivity contribution in [1.82, 2.24) is 15.1 Å². The number of likely N-dealkylation sites (N-methyl/N-ethyl adjacent to an activating group) is 2. The maximum atomic E-state index is 3.77. The lowest BCUT2D eigenvalue weighted by atomic mass is 9.95. The van der Waals surface area contributed by atoms with Crippen molar-refractivity contribution in [3.63, 3.8) is 0 Å². The van der Waals surface area contributed by atoms with Gasteiger partial charge >= 0.3 is 0 Å². The summed E-state index contributed by atoms with van der Waals surface area (Å²) in [6, 6.07) is 9.91. The standard InChI is InChI=1S/C17H29N3/c1-5-9-18-17(15-8-6-7-14(2)12-15)16-13-19(3)10-11-20(16)4/h6-8,12,16-18H,5,9-11,13H2,1-4H3. The van der Waals surface area contributed by atoms with Crippen LogP contribution in [0.4, 0.5) is 0 Å². The van der Waals surface area contributed by atoms with E-state index in [0.29, 0.717) is 12.1 Å². The molecule has 1 aliphatic rings. The first-order valence-corrected chi connectivity index (χ1v) is 7.80. The fourth-order valence-corrected chi connectivity index (χ4v) is 3.04. The van der Waals surface area contributed by atoms with Crippen molar-refractivity contribution in [2.75, 3.05) is 40.3 Å². The van der Waals surface area contributed by atoms with Crippen LogP contribution < -0.4 is 5.32 Å². The lowest BCUT2D eigenvalue weighted by Crippen LogP contribution is -2.55. The largest absolute Gasteiger partial charge is 0.309 e. The molecular weight excluding hydrogens is 246 g/mol. The summed E-state index contributed by atoms with van der Waals surface area (Å²) < 4.78 is 0. The van der Waals surface area contributed by atoms with Crippen LogP contribution in [0.15, 0.2) is 24.3 Å². The molecule has 1 N–H and O–H groups in total. The fourth-order valence-electron chi connectivity index (χ4n) is 3.04. The minimum Gasteiger partial charge on any atom is -0.309 e. The van der Waals surface area contributed by atoms with Gasteiger partial charge in [-0.2, -0.15) is 0 Å². The van der Waals surface area contributed by atoms with Gasteiger partial charge in [0.15, 0.2) is 0 Å². The highest BCUT2D eigenvalue weighted by molar-refractivity contribution is 5.26. The van der Waals surface area contributed by atoms with Crippen molar-refractivity contribution in [1.29, 1.82) is 0 Å². The normalized spacial score (nSPS) is 22.9. The molecule has 3 nitrogen and oxygen atoms in total. The summed E-state index contributed by atoms with van der Waals surface area (Å²) in [7, 11) is 4.49. The second-order valence-electron chi connectivity index (χ2n) is 6.16. The van der Waals surface area contributed by atoms with Gasteiger partial charge in [0, 0.05) is 31.7 Å². The molecule has 0 radical (unpaired) electrons. The SMILES string of the molecule is CCCNC(c1cccc(C)c1)C1CN(C)CCN1C. The molecule has 0 aliphatic carbocycles. The monoisotopic (exact) mass is 275 g/mol. The molecule has 2 atom stereocenters. The average Bonchev–Trinajstić information content (AvgIpc) is 2.43. The number of nitrogens with zero attached hydrogens (tertiary/aromatic N) is 2. The molecular formula is C17H29N3. The minimum absolute atomic E-state index is 0.419. The third kappa shape index (κ3) is 3.81. The predicted molar refractivity (Wildman–Crippen MR) is 86.1 cm³/mol. The summed E-state index contributed by atoms with van der Waals surface area (Å²) in [5.74, 6) is 0. The fraction of sp³-hybridized carbons (Fsp3) is 0.647. The van der Waals surface area contributed by atoms with E-state index in [1.165, 1.54) is 24.1 Å². The number of aryl methyl sites for hydroxylation is 1. The van der Waals surface area contributed by atoms with Crippen molar-refractivity contribution in [3.8, 4) is 0 Å². The maximum absolute atomic E-state index is 3.77. The zero-order valence-electron chi connectivity index (χ0n) is 13.4. The van der Waals surface area contributed by atoms with E-state index in [9.17, 15) is 0 Å². The van der Waals surface area contributed by atoms with Crippen molar-refractivity contribution in [2.45, 2.75) is 32.4 Å². The summed E-state index contributed by atoms with van der Waals surface area (Å²) in [4.78, 5) is 4.96. The Labute approximate surface area is 124 Å². The van der Waals surface area contributed by atoms with Gasteiger partial charge in [0.05, 0.1) is 0 Å². The Balaban J connectivity index is 2.21. The Morgan fingerprint density at radius 1 is 1.30 bits per heavy atom. The highest BCUT2D eigenvalue weighted by atomic mass is 15.3. The number of rotatable bonds is 5. The molecule has 20 heavy (non-hydrogen) atoms. The van der Waals surface area contributed by atoms with Gasteiger partial charge in [0.2, 0.25) is 0 Å². The number of piperazine rings is 1. The van der Waals surface area contributed by atoms with Gasteiger partial charge in [-0.15, -0.1) is 0 Å². The Hall–Kier alpha value is -0.900. The Kier molecular flexibility index (Phi) is 5.58. The van der Waals surface area contributed by atoms with Crippen molar-refractivity contribution < 1.29 is 0 Å². The topological polar surface area (TPSA) is 18.5 Å². The van der Waals surface area contributed by atoms with Crippen LogP contribution in [-0.2, 0) is 0 Å². The first-order chi connectivity index (χ1) is 9.61. The van der Waals surface area contributed by atoms with E-state index in [-0.39, 0.29) is 0 Å². The lowest BCUT2D eigenvalue weighted by molar-refractivity contribution is 0.0876. The molecule has 2 unspecified atom stereocenters. The summed E-state index contributed by atoms with van der Waals surface area (Å²) >= 11 is 0. The second-order valence-corrected chi connectivity index (χ2v) is 6.16. The highest BCUT2D eigenvalue weighted by Crippen LogP contribution is 2.24. The van der Waals surface area contributed by atoms with Crippen molar-refractivity contribution >= 4 is 0 Å². The van der Waals surface area contributed by atoms with E-state index in [1.54, 1.807) is 0 Å². The molecule has 112 valence electrons. The zero-order chi connectivity index (χ0) is 14.5. The molecule has 1 aromatic rings. The van der Waals surface area contributed by atoms with Gasteiger partial charge in [0.25, 0.3) is 0 Å². The summed E-state index contributed by atoms with van der Waals surface area (Å²) in [5.41, 5.74) is 2.77. The predicted octanol–water partition coefficient (Wildman–Crippen LogP) is 2.28. The molecule has 0 saturated carbocycles. The summed E-state index contributed by atoms with van der Waals surface area (Å²) in [6.07, 6.45) is 1.18. The van der Waals surface area contributed by atoms with Crippen LogP contribution in [0.5, 0.6) is 0 Å². The molecule has 1 aliphatic heterocycles. The zero-order valence-corrected chi connectivity index (χ0v) is 13.4. The van der Waals surface area contributed by atoms with Gasteiger partial charge in [-0.05, 0) is 39.5 Å². The third-order valence-electron chi connectivity index (χ3n) is 4.30. The van der Waals surface area contributed by atoms with E-state index in [2.05, 4.69) is 67.3 Å². The molecule has 1 fully saturated rings. The Morgan fingerprint density at radius 3 is 2.80 bits per heavy atom. The van der Waals surface area contributed by atoms with Gasteiger partial charge in [0.1, 0.15) is 0 Å². The first kappa shape index (κ1) is 15.5. The van der Waals surface area contributed by atoms with Crippen molar-refractivity contribution in [2.24, 2.45) is 0 Å². The third-order valence-corrected chi connectivity index (χ3v) is 4.30. The number of benzene rings is 1. The van der Waals surface area contributed by atoms with Crippen LogP contribution in [0.1, 0.15) is 30.5 Å². The average molecular weight is 275 g/mol. The van der Waals surface area contributed by atoms with E-state index >= 15 is 0 Å². The smallest absolute Gasteiger partial charge is 0.0490 e. The lowest BCUT2D eigenvalue weighted by Gasteiger charge is -2.42. The molecule has 3 heteroatoms. The molecule has 0 aromatic heterocycles. The van der Waals surface area contributed by atoms with Crippen LogP contribution >= 0.6 is 0 Å². The summed E-state index contributed by atoms with van der Waals surface area (Å²) in [6.45, 7) is 8.94. The molecule has 1 aromatic carbocycles. The van der Waals surface area contributed by atoms with Crippen LogP contribution in [0.3, 0.4) is 0 Å². The van der Waals surface area contributed by atoms with E-state index in [1.807, 2.05) is 0 Å². The highest BCUT2D eigenvalue weighted by Gasteiger charge is 2.30. The van der Waals surface area contributed by atoms with E-state index in [0.717, 1.165) is 19.6 Å². The summed E-state index contributed by atoms with van der Waals surface area (Å²) in [5, 5.41) is 3.77. The maximum Gasteiger partial charge on any atom is 0.0490 e. The molecule has 1 heterocycles. The van der Waals surface area contributed by atoms with Gasteiger partial charge in [-0.1, -0.05) is 36.8 Å². The Morgan fingerprint density at radius 2 is 2.10 bits per heavy atom. The minimum atomic E-state index is 0.419. The molecule has 2 rings (SSSR count). The van der Waals surface area contributed by atoms with Crippen LogP contribution in [0.2, 0.25) is 0 Å². The van der Waals surface area contributed by atoms with Gasteiger partial charge in [-0.3, -0.25) is 4.90 Å². The van der Waals surface area contributed by atoms with Crippen LogP contribution in [-0.4, -0.2) is 56.1 Å². The molecule has 0 spiro atoms. The second kappa shape index (κ2) is 7.21. The van der Waals surface area contributed by atoms with Gasteiger partial charge in [-0.25, -0.2) is 0 Å². The first-order valence-electron chi connectivity index (χ1n) is 7.80. The van der Waals surface area contributed by atoms with E-state index < -0.39 is 0 Å². The van der Waals surface area contributed by atoms with Gasteiger partial charge < -0.3 is 10.2 Å². The Bertz CT molecular complexity index is 418. The number of nitrogens with one attached hydrogen (secondary N) is 1. The molecule has 1 saturated heterocycles. The quantitative estimate of drug-likeness (QED) is 0.889. The van der Waals surface area contributed by atoms with Crippen molar-refractivity contribution in [3.05, 3.63) is 35.4 Å². The molecule has 0 amide bonds. The molecule has 0 bridgehead atoms.